The number of hydrogen-bond acceptors (Lipinski definition) is 2. The number of ether oxygens (including phenoxy) is 1. The monoisotopic (exact) mass is 240 g/mol. The number of benzene rings is 1. The Balaban J connectivity index is 2.12. The largest absolute Gasteiger partial charge is 0.376 e. The molecule has 0 N–H and O–H groups in total. The number of fused-ring (bicyclic) bond motifs is 1. The van der Waals surface area contributed by atoms with Gasteiger partial charge < -0.3 is 4.74 Å². The summed E-state index contributed by atoms with van der Waals surface area (Å²) in [5.74, 6) is 0.251. The molecule has 1 aromatic rings. The Bertz CT molecular complexity index is 527. The van der Waals surface area contributed by atoms with Crippen LogP contribution in [0.15, 0.2) is 48.6 Å². The molecular formula is C16H16O2. The molecule has 1 atom stereocenters. The summed E-state index contributed by atoms with van der Waals surface area (Å²) in [5, 5.41) is 0. The van der Waals surface area contributed by atoms with E-state index in [1.165, 1.54) is 5.57 Å². The van der Waals surface area contributed by atoms with Crippen LogP contribution in [0.5, 0.6) is 0 Å². The fourth-order valence-electron chi connectivity index (χ4n) is 3.12. The van der Waals surface area contributed by atoms with E-state index in [2.05, 4.69) is 6.58 Å². The summed E-state index contributed by atoms with van der Waals surface area (Å²) in [6.07, 6.45) is 3.29. The highest BCUT2D eigenvalue weighted by molar-refractivity contribution is 6.24. The van der Waals surface area contributed by atoms with Crippen molar-refractivity contribution in [2.75, 3.05) is 13.2 Å². The summed E-state index contributed by atoms with van der Waals surface area (Å²) < 4.78 is 5.61. The summed E-state index contributed by atoms with van der Waals surface area (Å²) in [7, 11) is 0. The third-order valence-corrected chi connectivity index (χ3v) is 3.94. The third kappa shape index (κ3) is 1.57. The number of allylic oxidation sites excluding steroid dienone is 2. The molecule has 1 aliphatic carbocycles. The molecule has 2 aliphatic rings. The fourth-order valence-corrected chi connectivity index (χ4v) is 3.12. The van der Waals surface area contributed by atoms with E-state index in [0.29, 0.717) is 19.6 Å². The van der Waals surface area contributed by atoms with E-state index in [0.717, 1.165) is 17.6 Å². The molecule has 1 aromatic carbocycles. The molecule has 3 rings (SSSR count). The van der Waals surface area contributed by atoms with Crippen LogP contribution in [0.2, 0.25) is 0 Å². The lowest BCUT2D eigenvalue weighted by Gasteiger charge is -2.21. The van der Waals surface area contributed by atoms with E-state index >= 15 is 0 Å². The van der Waals surface area contributed by atoms with Crippen molar-refractivity contribution >= 4 is 11.4 Å². The van der Waals surface area contributed by atoms with Gasteiger partial charge in [0.2, 0.25) is 0 Å². The summed E-state index contributed by atoms with van der Waals surface area (Å²) in [6.45, 7) is 5.05. The SMILES string of the molecule is C=CCC12COCC1=C(c1ccccc1)C(=O)C2. The zero-order valence-electron chi connectivity index (χ0n) is 10.3. The molecule has 0 aromatic heterocycles. The summed E-state index contributed by atoms with van der Waals surface area (Å²) in [4.78, 5) is 12.3. The zero-order valence-corrected chi connectivity index (χ0v) is 10.3. The molecule has 0 saturated carbocycles. The maximum atomic E-state index is 12.3. The minimum atomic E-state index is -0.107. The fraction of sp³-hybridized carbons (Fsp3) is 0.312. The van der Waals surface area contributed by atoms with Crippen molar-refractivity contribution in [1.82, 2.24) is 0 Å². The lowest BCUT2D eigenvalue weighted by Crippen LogP contribution is -2.20. The Hall–Kier alpha value is -1.67. The van der Waals surface area contributed by atoms with Crippen LogP contribution in [-0.4, -0.2) is 19.0 Å². The van der Waals surface area contributed by atoms with Crippen molar-refractivity contribution in [3.05, 3.63) is 54.1 Å². The highest BCUT2D eigenvalue weighted by Crippen LogP contribution is 2.50. The first kappa shape index (κ1) is 11.4. The average Bonchev–Trinajstić information content (AvgIpc) is 2.85. The Labute approximate surface area is 107 Å². The molecule has 1 heterocycles. The van der Waals surface area contributed by atoms with E-state index in [9.17, 15) is 4.79 Å². The first-order valence-electron chi connectivity index (χ1n) is 6.28. The van der Waals surface area contributed by atoms with Crippen molar-refractivity contribution in [2.45, 2.75) is 12.8 Å². The predicted molar refractivity (Wildman–Crippen MR) is 71.1 cm³/mol. The average molecular weight is 240 g/mol. The van der Waals surface area contributed by atoms with Gasteiger partial charge >= 0.3 is 0 Å². The first-order chi connectivity index (χ1) is 8.77. The van der Waals surface area contributed by atoms with Crippen LogP contribution in [0.25, 0.3) is 5.57 Å². The van der Waals surface area contributed by atoms with Gasteiger partial charge in [0.15, 0.2) is 5.78 Å². The minimum absolute atomic E-state index is 0.107. The predicted octanol–water partition coefficient (Wildman–Crippen LogP) is 3.01. The first-order valence-corrected chi connectivity index (χ1v) is 6.28. The second-order valence-corrected chi connectivity index (χ2v) is 5.09. The molecule has 1 unspecified atom stereocenters. The number of carbonyl (C=O) groups excluding carboxylic acids is 1. The van der Waals surface area contributed by atoms with Crippen LogP contribution >= 0.6 is 0 Å². The van der Waals surface area contributed by atoms with Crippen LogP contribution < -0.4 is 0 Å². The molecule has 18 heavy (non-hydrogen) atoms. The van der Waals surface area contributed by atoms with Crippen LogP contribution in [0.4, 0.5) is 0 Å². The summed E-state index contributed by atoms with van der Waals surface area (Å²) >= 11 is 0. The minimum Gasteiger partial charge on any atom is -0.376 e. The standard InChI is InChI=1S/C16H16O2/c1-2-8-16-9-14(17)15(13(16)10-18-11-16)12-6-4-3-5-7-12/h2-7H,1,8-11H2. The van der Waals surface area contributed by atoms with Crippen LogP contribution in [0.3, 0.4) is 0 Å². The van der Waals surface area contributed by atoms with Crippen molar-refractivity contribution in [3.63, 3.8) is 0 Å². The molecule has 0 spiro atoms. The topological polar surface area (TPSA) is 26.3 Å². The second-order valence-electron chi connectivity index (χ2n) is 5.09. The summed E-state index contributed by atoms with van der Waals surface area (Å²) in [5.41, 5.74) is 2.98. The molecule has 1 aliphatic heterocycles. The second kappa shape index (κ2) is 4.21. The summed E-state index contributed by atoms with van der Waals surface area (Å²) in [6, 6.07) is 9.92. The van der Waals surface area contributed by atoms with E-state index in [1.807, 2.05) is 36.4 Å². The van der Waals surface area contributed by atoms with Crippen molar-refractivity contribution in [1.29, 1.82) is 0 Å². The highest BCUT2D eigenvalue weighted by atomic mass is 16.5. The van der Waals surface area contributed by atoms with Gasteiger partial charge in [0.05, 0.1) is 13.2 Å². The Morgan fingerprint density at radius 2 is 2.11 bits per heavy atom. The number of ketones is 1. The molecule has 0 radical (unpaired) electrons. The number of rotatable bonds is 3. The van der Waals surface area contributed by atoms with Gasteiger partial charge in [-0.1, -0.05) is 36.4 Å². The number of Topliss-reactive ketones (excluding diaryl/α,β-unsaturated/α-hetero) is 1. The van der Waals surface area contributed by atoms with E-state index in [-0.39, 0.29) is 11.2 Å². The van der Waals surface area contributed by atoms with Crippen molar-refractivity contribution < 1.29 is 9.53 Å². The normalized spacial score (nSPS) is 26.6. The van der Waals surface area contributed by atoms with E-state index in [4.69, 9.17) is 4.74 Å². The number of carbonyl (C=O) groups is 1. The van der Waals surface area contributed by atoms with Gasteiger partial charge in [-0.15, -0.1) is 6.58 Å². The van der Waals surface area contributed by atoms with Crippen LogP contribution in [0.1, 0.15) is 18.4 Å². The molecule has 0 amide bonds. The quantitative estimate of drug-likeness (QED) is 0.759. The lowest BCUT2D eigenvalue weighted by atomic mass is 9.80. The molecule has 0 bridgehead atoms. The third-order valence-electron chi connectivity index (χ3n) is 3.94. The lowest BCUT2D eigenvalue weighted by molar-refractivity contribution is -0.114. The Morgan fingerprint density at radius 3 is 2.83 bits per heavy atom. The van der Waals surface area contributed by atoms with Crippen LogP contribution in [-0.2, 0) is 9.53 Å². The smallest absolute Gasteiger partial charge is 0.164 e. The van der Waals surface area contributed by atoms with E-state index in [1.54, 1.807) is 0 Å². The molecule has 92 valence electrons. The van der Waals surface area contributed by atoms with Gasteiger partial charge in [-0.05, 0) is 17.6 Å². The Morgan fingerprint density at radius 1 is 1.33 bits per heavy atom. The Kier molecular flexibility index (Phi) is 2.67. The molecular weight excluding hydrogens is 224 g/mol. The van der Waals surface area contributed by atoms with Crippen molar-refractivity contribution in [2.24, 2.45) is 5.41 Å². The number of hydrogen-bond donors (Lipinski definition) is 0. The molecule has 1 fully saturated rings. The van der Waals surface area contributed by atoms with Gasteiger partial charge in [0.25, 0.3) is 0 Å². The van der Waals surface area contributed by atoms with Gasteiger partial charge in [0, 0.05) is 17.4 Å². The maximum absolute atomic E-state index is 12.3. The van der Waals surface area contributed by atoms with Gasteiger partial charge in [0.1, 0.15) is 0 Å². The highest BCUT2D eigenvalue weighted by Gasteiger charge is 2.48. The zero-order chi connectivity index (χ0) is 12.6. The van der Waals surface area contributed by atoms with Gasteiger partial charge in [-0.3, -0.25) is 4.79 Å². The van der Waals surface area contributed by atoms with E-state index < -0.39 is 0 Å². The maximum Gasteiger partial charge on any atom is 0.164 e. The van der Waals surface area contributed by atoms with Crippen molar-refractivity contribution in [3.8, 4) is 0 Å². The molecule has 2 nitrogen and oxygen atoms in total. The van der Waals surface area contributed by atoms with Crippen LogP contribution in [0, 0.1) is 5.41 Å². The van der Waals surface area contributed by atoms with Gasteiger partial charge in [-0.2, -0.15) is 0 Å². The van der Waals surface area contributed by atoms with Gasteiger partial charge in [-0.25, -0.2) is 0 Å². The molecule has 1 saturated heterocycles. The molecule has 2 heteroatoms.